The Bertz CT molecular complexity index is 756. The molecular formula is C16H22N6O2. The molecule has 2 aromatic heterocycles. The summed E-state index contributed by atoms with van der Waals surface area (Å²) in [6.07, 6.45) is 8.28. The van der Waals surface area contributed by atoms with Crippen LogP contribution in [0.5, 0.6) is 0 Å². The van der Waals surface area contributed by atoms with Gasteiger partial charge < -0.3 is 21.6 Å². The van der Waals surface area contributed by atoms with Crippen molar-refractivity contribution in [3.63, 3.8) is 0 Å². The van der Waals surface area contributed by atoms with Crippen molar-refractivity contribution < 1.29 is 9.90 Å². The summed E-state index contributed by atoms with van der Waals surface area (Å²) in [5.74, 6) is 0.237. The number of carboxylic acid groups (broad SMARTS) is 1. The lowest BCUT2D eigenvalue weighted by Gasteiger charge is -2.02. The number of aromatic nitrogens is 4. The van der Waals surface area contributed by atoms with Gasteiger partial charge in [-0.15, -0.1) is 5.10 Å². The van der Waals surface area contributed by atoms with Crippen molar-refractivity contribution in [2.24, 2.45) is 5.73 Å². The Kier molecular flexibility index (Phi) is 4.54. The van der Waals surface area contributed by atoms with E-state index in [0.29, 0.717) is 18.3 Å². The second-order valence-corrected chi connectivity index (χ2v) is 6.22. The van der Waals surface area contributed by atoms with Gasteiger partial charge in [-0.25, -0.2) is 4.79 Å². The molecule has 0 aliphatic heterocycles. The van der Waals surface area contributed by atoms with Gasteiger partial charge in [0, 0.05) is 23.5 Å². The Labute approximate surface area is 139 Å². The summed E-state index contributed by atoms with van der Waals surface area (Å²) in [6, 6.07) is 2.09. The van der Waals surface area contributed by atoms with E-state index in [1.54, 1.807) is 0 Å². The number of carboxylic acids is 1. The second-order valence-electron chi connectivity index (χ2n) is 6.22. The highest BCUT2D eigenvalue weighted by molar-refractivity contribution is 5.84. The largest absolute Gasteiger partial charge is 0.476 e. The summed E-state index contributed by atoms with van der Waals surface area (Å²) in [5, 5.41) is 16.1. The molecule has 0 radical (unpaired) electrons. The third-order valence-electron chi connectivity index (χ3n) is 4.12. The average Bonchev–Trinajstić information content (AvgIpc) is 3.17. The molecule has 0 aromatic carbocycles. The van der Waals surface area contributed by atoms with E-state index in [0.717, 1.165) is 30.5 Å². The van der Waals surface area contributed by atoms with Crippen molar-refractivity contribution >= 4 is 17.9 Å². The Morgan fingerprint density at radius 3 is 2.92 bits per heavy atom. The lowest BCUT2D eigenvalue weighted by atomic mass is 10.1. The van der Waals surface area contributed by atoms with Gasteiger partial charge in [-0.3, -0.25) is 4.68 Å². The zero-order valence-corrected chi connectivity index (χ0v) is 13.4. The highest BCUT2D eigenvalue weighted by Gasteiger charge is 2.25. The van der Waals surface area contributed by atoms with E-state index >= 15 is 0 Å². The molecule has 1 saturated carbocycles. The topological polar surface area (TPSA) is 136 Å². The van der Waals surface area contributed by atoms with Crippen molar-refractivity contribution in [1.29, 1.82) is 0 Å². The van der Waals surface area contributed by atoms with Crippen LogP contribution in [0, 0.1) is 0 Å². The van der Waals surface area contributed by atoms with E-state index < -0.39 is 5.97 Å². The zero-order chi connectivity index (χ0) is 17.1. The summed E-state index contributed by atoms with van der Waals surface area (Å²) in [6.45, 7) is 0.617. The normalized spacial score (nSPS) is 14.9. The fourth-order valence-corrected chi connectivity index (χ4v) is 2.62. The first kappa shape index (κ1) is 16.1. The van der Waals surface area contributed by atoms with Crippen molar-refractivity contribution in [2.75, 3.05) is 5.73 Å². The summed E-state index contributed by atoms with van der Waals surface area (Å²) in [4.78, 5) is 14.0. The Balaban J connectivity index is 1.46. The van der Waals surface area contributed by atoms with Gasteiger partial charge in [-0.1, -0.05) is 5.21 Å². The van der Waals surface area contributed by atoms with Crippen LogP contribution < -0.4 is 11.5 Å². The maximum absolute atomic E-state index is 10.7. The zero-order valence-electron chi connectivity index (χ0n) is 13.4. The highest BCUT2D eigenvalue weighted by Crippen LogP contribution is 2.40. The van der Waals surface area contributed by atoms with E-state index in [1.807, 2.05) is 6.08 Å². The van der Waals surface area contributed by atoms with Gasteiger partial charge in [-0.2, -0.15) is 0 Å². The van der Waals surface area contributed by atoms with Crippen LogP contribution >= 0.6 is 0 Å². The number of nitrogens with two attached hydrogens (primary N) is 2. The van der Waals surface area contributed by atoms with Crippen LogP contribution in [0.1, 0.15) is 59.8 Å². The van der Waals surface area contributed by atoms with Gasteiger partial charge in [0.05, 0.1) is 6.20 Å². The van der Waals surface area contributed by atoms with E-state index in [2.05, 4.69) is 21.4 Å². The molecule has 0 atom stereocenters. The molecule has 128 valence electrons. The Morgan fingerprint density at radius 1 is 1.46 bits per heavy atom. The molecule has 0 unspecified atom stereocenters. The van der Waals surface area contributed by atoms with E-state index in [9.17, 15) is 4.79 Å². The van der Waals surface area contributed by atoms with Crippen LogP contribution in [0.2, 0.25) is 0 Å². The van der Waals surface area contributed by atoms with Gasteiger partial charge in [0.1, 0.15) is 5.82 Å². The smallest absolute Gasteiger partial charge is 0.358 e. The number of anilines is 1. The molecule has 1 aliphatic rings. The minimum Gasteiger partial charge on any atom is -0.476 e. The predicted molar refractivity (Wildman–Crippen MR) is 90.2 cm³/mol. The molecule has 8 heteroatoms. The van der Waals surface area contributed by atoms with Gasteiger partial charge in [0.15, 0.2) is 5.69 Å². The molecular weight excluding hydrogens is 308 g/mol. The summed E-state index contributed by atoms with van der Waals surface area (Å²) in [5.41, 5.74) is 15.0. The molecule has 3 rings (SSSR count). The monoisotopic (exact) mass is 330 g/mol. The number of nitrogen functional groups attached to an aromatic ring is 1. The number of hydrogen-bond acceptors (Lipinski definition) is 5. The maximum atomic E-state index is 10.7. The summed E-state index contributed by atoms with van der Waals surface area (Å²) < 4.78 is 1.54. The fourth-order valence-electron chi connectivity index (χ4n) is 2.62. The maximum Gasteiger partial charge on any atom is 0.358 e. The van der Waals surface area contributed by atoms with Gasteiger partial charge in [0.25, 0.3) is 0 Å². The number of H-pyrrole nitrogens is 1. The van der Waals surface area contributed by atoms with Crippen molar-refractivity contribution in [3.8, 4) is 0 Å². The van der Waals surface area contributed by atoms with Gasteiger partial charge in [0.2, 0.25) is 0 Å². The van der Waals surface area contributed by atoms with E-state index in [-0.39, 0.29) is 5.69 Å². The number of rotatable bonds is 8. The number of hydrogen-bond donors (Lipinski definition) is 4. The SMILES string of the molecule is N/C(=C\c1cc(C2CC2)[nH]c1N)CCCCn1cc(C(=O)O)nn1. The summed E-state index contributed by atoms with van der Waals surface area (Å²) in [7, 11) is 0. The van der Waals surface area contributed by atoms with E-state index in [1.165, 1.54) is 29.4 Å². The van der Waals surface area contributed by atoms with Crippen LogP contribution in [0.3, 0.4) is 0 Å². The third-order valence-corrected chi connectivity index (χ3v) is 4.12. The van der Waals surface area contributed by atoms with Crippen LogP contribution in [0.25, 0.3) is 6.08 Å². The lowest BCUT2D eigenvalue weighted by molar-refractivity contribution is 0.0690. The standard InChI is InChI=1S/C16H22N6O2/c17-12(7-11-8-13(10-4-5-10)19-15(11)18)3-1-2-6-22-9-14(16(23)24)20-21-22/h7-10,19H,1-6,17-18H2,(H,23,24)/b12-7-. The minimum atomic E-state index is -1.07. The number of carbonyl (C=O) groups is 1. The quantitative estimate of drug-likeness (QED) is 0.546. The molecule has 6 N–H and O–H groups in total. The third kappa shape index (κ3) is 3.95. The Hall–Kier alpha value is -2.77. The first-order valence-corrected chi connectivity index (χ1v) is 8.11. The number of aromatic carboxylic acids is 1. The van der Waals surface area contributed by atoms with Gasteiger partial charge >= 0.3 is 5.97 Å². The van der Waals surface area contributed by atoms with Crippen molar-refractivity contribution in [1.82, 2.24) is 20.0 Å². The predicted octanol–water partition coefficient (Wildman–Crippen LogP) is 1.93. The van der Waals surface area contributed by atoms with Crippen molar-refractivity contribution in [3.05, 3.63) is 34.9 Å². The average molecular weight is 330 g/mol. The van der Waals surface area contributed by atoms with Crippen LogP contribution in [0.4, 0.5) is 5.82 Å². The number of allylic oxidation sites excluding steroid dienone is 1. The highest BCUT2D eigenvalue weighted by atomic mass is 16.4. The number of aromatic amines is 1. The molecule has 0 amide bonds. The number of aryl methyl sites for hydroxylation is 1. The van der Waals surface area contributed by atoms with Crippen LogP contribution in [0.15, 0.2) is 18.0 Å². The minimum absolute atomic E-state index is 0.0381. The molecule has 24 heavy (non-hydrogen) atoms. The number of nitrogens with zero attached hydrogens (tertiary/aromatic N) is 3. The molecule has 8 nitrogen and oxygen atoms in total. The molecule has 1 fully saturated rings. The van der Waals surface area contributed by atoms with Crippen LogP contribution in [-0.4, -0.2) is 31.1 Å². The lowest BCUT2D eigenvalue weighted by Crippen LogP contribution is -2.01. The second kappa shape index (κ2) is 6.77. The Morgan fingerprint density at radius 2 is 2.25 bits per heavy atom. The number of unbranched alkanes of at least 4 members (excludes halogenated alkanes) is 1. The molecule has 0 saturated heterocycles. The molecule has 1 aliphatic carbocycles. The molecule has 2 aromatic rings. The number of nitrogens with one attached hydrogen (secondary N) is 1. The molecule has 0 spiro atoms. The van der Waals surface area contributed by atoms with Gasteiger partial charge in [-0.05, 0) is 50.2 Å². The van der Waals surface area contributed by atoms with Crippen molar-refractivity contribution in [2.45, 2.75) is 44.6 Å². The fraction of sp³-hybridized carbons (Fsp3) is 0.438. The summed E-state index contributed by atoms with van der Waals surface area (Å²) >= 11 is 0. The molecule has 2 heterocycles. The van der Waals surface area contributed by atoms with E-state index in [4.69, 9.17) is 16.6 Å². The first-order chi connectivity index (χ1) is 11.5. The first-order valence-electron chi connectivity index (χ1n) is 8.11. The van der Waals surface area contributed by atoms with Crippen LogP contribution in [-0.2, 0) is 6.54 Å². The molecule has 0 bridgehead atoms.